The zero-order valence-corrected chi connectivity index (χ0v) is 24.2. The number of carbonyl (C=O) groups excluding carboxylic acids is 1. The zero-order valence-electron chi connectivity index (χ0n) is 21.4. The second-order valence-electron chi connectivity index (χ2n) is 9.16. The lowest BCUT2D eigenvalue weighted by Gasteiger charge is -2.15. The lowest BCUT2D eigenvalue weighted by molar-refractivity contribution is 0.0938. The molecule has 0 radical (unpaired) electrons. The van der Waals surface area contributed by atoms with Crippen LogP contribution in [0.5, 0.6) is 0 Å². The quantitative estimate of drug-likeness (QED) is 0.181. The van der Waals surface area contributed by atoms with Crippen LogP contribution >= 0.6 is 25.2 Å². The molecule has 194 valence electrons. The fourth-order valence-corrected chi connectivity index (χ4v) is 4.44. The number of pyridine rings is 1. The van der Waals surface area contributed by atoms with E-state index in [1.165, 1.54) is 32.3 Å². The van der Waals surface area contributed by atoms with Gasteiger partial charge in [0.2, 0.25) is 0 Å². The van der Waals surface area contributed by atoms with Crippen molar-refractivity contribution in [1.82, 2.24) is 10.3 Å². The number of aryl methyl sites for hydroxylation is 1. The van der Waals surface area contributed by atoms with Crippen molar-refractivity contribution < 1.29 is 13.6 Å². The van der Waals surface area contributed by atoms with Gasteiger partial charge in [-0.1, -0.05) is 83.2 Å². The minimum atomic E-state index is -2.80. The molecule has 1 aromatic heterocycles. The largest absolute Gasteiger partial charge is 0.344 e. The van der Waals surface area contributed by atoms with Crippen molar-refractivity contribution in [1.29, 1.82) is 0 Å². The molecule has 7 heteroatoms. The van der Waals surface area contributed by atoms with Crippen molar-refractivity contribution in [2.75, 3.05) is 0 Å². The van der Waals surface area contributed by atoms with E-state index in [2.05, 4.69) is 64.3 Å². The van der Waals surface area contributed by atoms with Gasteiger partial charge in [-0.25, -0.2) is 4.98 Å². The highest BCUT2D eigenvalue weighted by molar-refractivity contribution is 9.10. The van der Waals surface area contributed by atoms with Gasteiger partial charge < -0.3 is 5.32 Å². The van der Waals surface area contributed by atoms with Crippen LogP contribution in [0.25, 0.3) is 10.8 Å². The molecule has 0 aliphatic rings. The van der Waals surface area contributed by atoms with Crippen LogP contribution in [0.1, 0.15) is 71.9 Å². The summed E-state index contributed by atoms with van der Waals surface area (Å²) in [5.41, 5.74) is 1.06. The molecule has 0 saturated carbocycles. The number of amides is 1. The molecule has 3 unspecified atom stereocenters. The van der Waals surface area contributed by atoms with E-state index in [4.69, 9.17) is 0 Å². The molecule has 3 nitrogen and oxygen atoms in total. The van der Waals surface area contributed by atoms with Gasteiger partial charge in [-0.05, 0) is 82.7 Å². The van der Waals surface area contributed by atoms with Crippen LogP contribution < -0.4 is 5.32 Å². The Morgan fingerprint density at radius 2 is 1.70 bits per heavy atom. The highest BCUT2D eigenvalue weighted by atomic mass is 79.9. The first-order valence-electron chi connectivity index (χ1n) is 12.2. The van der Waals surface area contributed by atoms with Crippen molar-refractivity contribution in [2.45, 2.75) is 51.7 Å². The first-order valence-corrected chi connectivity index (χ1v) is 13.6. The van der Waals surface area contributed by atoms with Crippen LogP contribution in [0.15, 0.2) is 83.5 Å². The first-order chi connectivity index (χ1) is 17.5. The third-order valence-electron chi connectivity index (χ3n) is 6.28. The van der Waals surface area contributed by atoms with E-state index in [0.29, 0.717) is 11.5 Å². The number of aromatic nitrogens is 1. The van der Waals surface area contributed by atoms with Crippen LogP contribution in [-0.4, -0.2) is 10.9 Å². The summed E-state index contributed by atoms with van der Waals surface area (Å²) in [6.45, 7) is 8.24. The van der Waals surface area contributed by atoms with Gasteiger partial charge in [0, 0.05) is 11.1 Å². The number of hydrogen-bond acceptors (Lipinski definition) is 2. The molecule has 4 aromatic rings. The van der Waals surface area contributed by atoms with Crippen LogP contribution in [0.3, 0.4) is 0 Å². The van der Waals surface area contributed by atoms with E-state index in [1.807, 2.05) is 44.2 Å². The van der Waals surface area contributed by atoms with Gasteiger partial charge >= 0.3 is 0 Å². The Kier molecular flexibility index (Phi) is 9.92. The summed E-state index contributed by atoms with van der Waals surface area (Å²) < 4.78 is 25.9. The second kappa shape index (κ2) is 12.7. The molecule has 37 heavy (non-hydrogen) atoms. The monoisotopic (exact) mass is 584 g/mol. The highest BCUT2D eigenvalue weighted by Crippen LogP contribution is 2.34. The predicted molar refractivity (Wildman–Crippen MR) is 155 cm³/mol. The van der Waals surface area contributed by atoms with Crippen LogP contribution in [0.4, 0.5) is 8.78 Å². The maximum absolute atomic E-state index is 12.7. The summed E-state index contributed by atoms with van der Waals surface area (Å²) in [7, 11) is 1.51. The Bertz CT molecular complexity index is 1360. The Balaban J connectivity index is 0.000000289. The minimum absolute atomic E-state index is 0.0353. The fourth-order valence-electron chi connectivity index (χ4n) is 3.89. The smallest absolute Gasteiger partial charge is 0.283 e. The number of nitrogens with one attached hydrogen (secondary N) is 1. The van der Waals surface area contributed by atoms with Crippen LogP contribution in [0.2, 0.25) is 0 Å². The molecule has 0 spiro atoms. The SMILES string of the molecule is CCC(C)c1cccc2cc(C(=O)NC(C)c3cccc(Br)n3)ccc12.Cc1ccc(C(F)(F)P)cc1. The molecule has 0 saturated heterocycles. The van der Waals surface area contributed by atoms with Gasteiger partial charge in [0.1, 0.15) is 4.60 Å². The number of carbonyl (C=O) groups is 1. The molecule has 0 aliphatic carbocycles. The number of hydrogen-bond donors (Lipinski definition) is 1. The molecule has 0 bridgehead atoms. The van der Waals surface area contributed by atoms with Crippen molar-refractivity contribution in [3.05, 3.63) is 111 Å². The normalized spacial score (nSPS) is 12.9. The number of alkyl halides is 2. The molecule has 1 heterocycles. The fraction of sp³-hybridized carbons (Fsp3) is 0.267. The Labute approximate surface area is 228 Å². The Hall–Kier alpha value is -2.69. The standard InChI is InChI=1S/C22H23BrN2O.C8H9F2P/c1-4-14(2)18-8-5-7-16-13-17(11-12-19(16)18)22(26)24-15(3)20-9-6-10-21(23)25-20;1-6-2-4-7(5-3-6)8(9,10)11/h5-15H,4H2,1-3H3,(H,24,26);2-5H,11H2,1H3. The average molecular weight is 585 g/mol. The molecule has 4 rings (SSSR count). The van der Waals surface area contributed by atoms with Crippen molar-refractivity contribution in [2.24, 2.45) is 0 Å². The zero-order chi connectivity index (χ0) is 27.2. The number of nitrogens with zero attached hydrogens (tertiary/aromatic N) is 1. The van der Waals surface area contributed by atoms with Crippen molar-refractivity contribution in [3.8, 4) is 0 Å². The third-order valence-corrected chi connectivity index (χ3v) is 7.06. The average Bonchev–Trinajstić information content (AvgIpc) is 2.87. The highest BCUT2D eigenvalue weighted by Gasteiger charge is 2.23. The van der Waals surface area contributed by atoms with Gasteiger partial charge in [0.05, 0.1) is 11.7 Å². The number of halogens is 3. The summed E-state index contributed by atoms with van der Waals surface area (Å²) >= 11 is 3.37. The summed E-state index contributed by atoms with van der Waals surface area (Å²) in [6.07, 6.45) is 1.10. The van der Waals surface area contributed by atoms with Crippen LogP contribution in [-0.2, 0) is 5.66 Å². The minimum Gasteiger partial charge on any atom is -0.344 e. The molecular formula is C30H32BrF2N2OP. The van der Waals surface area contributed by atoms with Gasteiger partial charge in [-0.15, -0.1) is 0 Å². The van der Waals surface area contributed by atoms with E-state index in [-0.39, 0.29) is 17.5 Å². The maximum Gasteiger partial charge on any atom is 0.283 e. The van der Waals surface area contributed by atoms with Gasteiger partial charge in [0.15, 0.2) is 0 Å². The van der Waals surface area contributed by atoms with Gasteiger partial charge in [0.25, 0.3) is 11.6 Å². The van der Waals surface area contributed by atoms with E-state index < -0.39 is 5.66 Å². The molecule has 1 amide bonds. The summed E-state index contributed by atoms with van der Waals surface area (Å²) in [4.78, 5) is 17.1. The molecule has 1 N–H and O–H groups in total. The summed E-state index contributed by atoms with van der Waals surface area (Å²) in [5.74, 6) is 0.413. The van der Waals surface area contributed by atoms with Gasteiger partial charge in [-0.3, -0.25) is 4.79 Å². The third kappa shape index (κ3) is 7.90. The maximum atomic E-state index is 12.7. The number of fused-ring (bicyclic) bond motifs is 1. The van der Waals surface area contributed by atoms with Gasteiger partial charge in [-0.2, -0.15) is 8.78 Å². The lowest BCUT2D eigenvalue weighted by atomic mass is 9.92. The molecule has 0 fully saturated rings. The van der Waals surface area contributed by atoms with E-state index in [9.17, 15) is 13.6 Å². The lowest BCUT2D eigenvalue weighted by Crippen LogP contribution is -2.27. The van der Waals surface area contributed by atoms with E-state index in [0.717, 1.165) is 27.7 Å². The number of rotatable bonds is 6. The van der Waals surface area contributed by atoms with Crippen molar-refractivity contribution >= 4 is 41.8 Å². The first kappa shape index (κ1) is 28.9. The van der Waals surface area contributed by atoms with E-state index >= 15 is 0 Å². The molecule has 3 atom stereocenters. The Morgan fingerprint density at radius 3 is 2.32 bits per heavy atom. The van der Waals surface area contributed by atoms with E-state index in [1.54, 1.807) is 12.1 Å². The predicted octanol–water partition coefficient (Wildman–Crippen LogP) is 8.92. The molecule has 3 aromatic carbocycles. The Morgan fingerprint density at radius 1 is 1.03 bits per heavy atom. The molecular weight excluding hydrogens is 553 g/mol. The van der Waals surface area contributed by atoms with Crippen molar-refractivity contribution in [3.63, 3.8) is 0 Å². The summed E-state index contributed by atoms with van der Waals surface area (Å²) in [5, 5.41) is 5.35. The molecule has 0 aliphatic heterocycles. The van der Waals surface area contributed by atoms with Crippen LogP contribution in [0, 0.1) is 6.92 Å². The summed E-state index contributed by atoms with van der Waals surface area (Å²) in [6, 6.07) is 24.0. The second-order valence-corrected chi connectivity index (χ2v) is 10.7. The number of benzene rings is 3. The topological polar surface area (TPSA) is 42.0 Å².